The summed E-state index contributed by atoms with van der Waals surface area (Å²) < 4.78 is 0. The second kappa shape index (κ2) is 22.1. The standard InChI is InChI=1S/C29H46N2O/c1-2-3-4-5-6-7-8-9-10-11-12-13-14-15-16-17-18-19-21-24-29(32)30-25-28-31-26-22-20-23-27-31/h3-4,6-7,9-10,12-13,15-16,18-19H,2,5,8,11,14,17,20-28H2,1H3,(H,30,32)/b4-3-,7-6-,10-9-,13-12-,16-15-,19-18-. The van der Waals surface area contributed by atoms with Crippen molar-refractivity contribution >= 4 is 5.91 Å². The molecular formula is C29H46N2O. The van der Waals surface area contributed by atoms with Crippen LogP contribution in [0.3, 0.4) is 0 Å². The van der Waals surface area contributed by atoms with E-state index in [1.165, 1.54) is 32.4 Å². The number of allylic oxidation sites excluding steroid dienone is 12. The smallest absolute Gasteiger partial charge is 0.220 e. The molecule has 0 spiro atoms. The van der Waals surface area contributed by atoms with Crippen LogP contribution in [0.15, 0.2) is 72.9 Å². The van der Waals surface area contributed by atoms with Gasteiger partial charge in [0.25, 0.3) is 0 Å². The van der Waals surface area contributed by atoms with E-state index >= 15 is 0 Å². The maximum Gasteiger partial charge on any atom is 0.220 e. The van der Waals surface area contributed by atoms with Crippen LogP contribution in [0.4, 0.5) is 0 Å². The lowest BCUT2D eigenvalue weighted by Crippen LogP contribution is -2.37. The summed E-state index contributed by atoms with van der Waals surface area (Å²) in [6.07, 6.45) is 37.8. The summed E-state index contributed by atoms with van der Waals surface area (Å²) in [5.41, 5.74) is 0. The molecule has 32 heavy (non-hydrogen) atoms. The highest BCUT2D eigenvalue weighted by Gasteiger charge is 2.09. The van der Waals surface area contributed by atoms with E-state index in [1.54, 1.807) is 0 Å². The topological polar surface area (TPSA) is 32.3 Å². The molecular weight excluding hydrogens is 392 g/mol. The fourth-order valence-corrected chi connectivity index (χ4v) is 3.48. The van der Waals surface area contributed by atoms with Crippen LogP contribution in [0, 0.1) is 0 Å². The third-order valence-electron chi connectivity index (χ3n) is 5.33. The van der Waals surface area contributed by atoms with Crippen LogP contribution in [0.1, 0.15) is 77.6 Å². The molecule has 0 saturated carbocycles. The van der Waals surface area contributed by atoms with Crippen molar-refractivity contribution in [2.75, 3.05) is 26.2 Å². The zero-order chi connectivity index (χ0) is 23.0. The van der Waals surface area contributed by atoms with E-state index in [-0.39, 0.29) is 5.91 Å². The first kappa shape index (κ1) is 27.9. The van der Waals surface area contributed by atoms with E-state index in [0.29, 0.717) is 6.42 Å². The number of amides is 1. The second-order valence-electron chi connectivity index (χ2n) is 8.21. The van der Waals surface area contributed by atoms with Crippen LogP contribution < -0.4 is 5.32 Å². The third-order valence-corrected chi connectivity index (χ3v) is 5.33. The van der Waals surface area contributed by atoms with Crippen LogP contribution in [-0.4, -0.2) is 37.0 Å². The fourth-order valence-electron chi connectivity index (χ4n) is 3.48. The van der Waals surface area contributed by atoms with Gasteiger partial charge in [-0.25, -0.2) is 0 Å². The molecule has 1 N–H and O–H groups in total. The molecule has 1 aliphatic heterocycles. The normalized spacial score (nSPS) is 16.2. The molecule has 0 aromatic heterocycles. The summed E-state index contributed by atoms with van der Waals surface area (Å²) in [5.74, 6) is 0.168. The van der Waals surface area contributed by atoms with Crippen LogP contribution in [-0.2, 0) is 4.79 Å². The summed E-state index contributed by atoms with van der Waals surface area (Å²) >= 11 is 0. The van der Waals surface area contributed by atoms with Crippen molar-refractivity contribution in [2.45, 2.75) is 77.6 Å². The van der Waals surface area contributed by atoms with Crippen molar-refractivity contribution in [3.05, 3.63) is 72.9 Å². The van der Waals surface area contributed by atoms with Gasteiger partial charge in [-0.05, 0) is 70.9 Å². The van der Waals surface area contributed by atoms with Gasteiger partial charge in [0.1, 0.15) is 0 Å². The first-order valence-corrected chi connectivity index (χ1v) is 12.7. The molecule has 0 unspecified atom stereocenters. The van der Waals surface area contributed by atoms with E-state index in [0.717, 1.165) is 58.0 Å². The highest BCUT2D eigenvalue weighted by atomic mass is 16.1. The Kier molecular flexibility index (Phi) is 19.3. The number of rotatable bonds is 17. The Morgan fingerprint density at radius 1 is 0.688 bits per heavy atom. The van der Waals surface area contributed by atoms with Gasteiger partial charge in [0, 0.05) is 19.5 Å². The van der Waals surface area contributed by atoms with Gasteiger partial charge in [-0.15, -0.1) is 0 Å². The lowest BCUT2D eigenvalue weighted by molar-refractivity contribution is -0.121. The molecule has 0 atom stereocenters. The van der Waals surface area contributed by atoms with E-state index in [1.807, 2.05) is 0 Å². The number of likely N-dealkylation sites (tertiary alicyclic amines) is 1. The molecule has 0 aromatic rings. The zero-order valence-electron chi connectivity index (χ0n) is 20.4. The van der Waals surface area contributed by atoms with Gasteiger partial charge in [0.15, 0.2) is 0 Å². The van der Waals surface area contributed by atoms with Crippen molar-refractivity contribution in [1.29, 1.82) is 0 Å². The zero-order valence-corrected chi connectivity index (χ0v) is 20.4. The Hall–Kier alpha value is -2.13. The molecule has 0 aliphatic carbocycles. The summed E-state index contributed by atoms with van der Waals surface area (Å²) in [5, 5.41) is 3.04. The maximum atomic E-state index is 11.9. The van der Waals surface area contributed by atoms with Crippen LogP contribution >= 0.6 is 0 Å². The highest BCUT2D eigenvalue weighted by molar-refractivity contribution is 5.75. The van der Waals surface area contributed by atoms with Gasteiger partial charge >= 0.3 is 0 Å². The van der Waals surface area contributed by atoms with E-state index in [4.69, 9.17) is 0 Å². The molecule has 1 fully saturated rings. The average Bonchev–Trinajstić information content (AvgIpc) is 2.81. The van der Waals surface area contributed by atoms with Crippen LogP contribution in [0.5, 0.6) is 0 Å². The monoisotopic (exact) mass is 438 g/mol. The quantitative estimate of drug-likeness (QED) is 0.246. The maximum absolute atomic E-state index is 11.9. The van der Waals surface area contributed by atoms with Crippen molar-refractivity contribution in [1.82, 2.24) is 10.2 Å². The molecule has 1 amide bonds. The Labute approximate surface area is 197 Å². The lowest BCUT2D eigenvalue weighted by atomic mass is 10.1. The molecule has 0 radical (unpaired) electrons. The molecule has 0 bridgehead atoms. The molecule has 0 aromatic carbocycles. The summed E-state index contributed by atoms with van der Waals surface area (Å²) in [4.78, 5) is 14.3. The van der Waals surface area contributed by atoms with Gasteiger partial charge in [-0.1, -0.05) is 86.3 Å². The van der Waals surface area contributed by atoms with Crippen LogP contribution in [0.25, 0.3) is 0 Å². The van der Waals surface area contributed by atoms with Crippen molar-refractivity contribution in [3.63, 3.8) is 0 Å². The Balaban J connectivity index is 1.92. The fraction of sp³-hybridized carbons (Fsp3) is 0.552. The van der Waals surface area contributed by atoms with Crippen molar-refractivity contribution in [2.24, 2.45) is 0 Å². The molecule has 3 heteroatoms. The molecule has 1 aliphatic rings. The van der Waals surface area contributed by atoms with Gasteiger partial charge in [0.05, 0.1) is 0 Å². The Bertz CT molecular complexity index is 619. The van der Waals surface area contributed by atoms with Crippen LogP contribution in [0.2, 0.25) is 0 Å². The Morgan fingerprint density at radius 3 is 1.66 bits per heavy atom. The second-order valence-corrected chi connectivity index (χ2v) is 8.21. The summed E-state index contributed by atoms with van der Waals surface area (Å²) in [6.45, 7) is 6.31. The minimum Gasteiger partial charge on any atom is -0.355 e. The van der Waals surface area contributed by atoms with E-state index in [9.17, 15) is 4.79 Å². The van der Waals surface area contributed by atoms with E-state index < -0.39 is 0 Å². The number of carbonyl (C=O) groups is 1. The molecule has 1 heterocycles. The third kappa shape index (κ3) is 18.6. The van der Waals surface area contributed by atoms with E-state index in [2.05, 4.69) is 90.1 Å². The average molecular weight is 439 g/mol. The highest BCUT2D eigenvalue weighted by Crippen LogP contribution is 2.07. The largest absolute Gasteiger partial charge is 0.355 e. The lowest BCUT2D eigenvalue weighted by Gasteiger charge is -2.26. The number of carbonyl (C=O) groups excluding carboxylic acids is 1. The number of nitrogens with zero attached hydrogens (tertiary/aromatic N) is 1. The predicted molar refractivity (Wildman–Crippen MR) is 141 cm³/mol. The molecule has 178 valence electrons. The van der Waals surface area contributed by atoms with Gasteiger partial charge < -0.3 is 10.2 Å². The van der Waals surface area contributed by atoms with Gasteiger partial charge in [-0.2, -0.15) is 0 Å². The SMILES string of the molecule is CC/C=C\C/C=C\C/C=C\C/C=C\C/C=C\C/C=C\CCC(=O)NCCN1CCCCC1. The first-order valence-electron chi connectivity index (χ1n) is 12.7. The van der Waals surface area contributed by atoms with Crippen molar-refractivity contribution < 1.29 is 4.79 Å². The van der Waals surface area contributed by atoms with Gasteiger partial charge in [-0.3, -0.25) is 4.79 Å². The minimum atomic E-state index is 0.168. The summed E-state index contributed by atoms with van der Waals surface area (Å²) in [7, 11) is 0. The molecule has 1 rings (SSSR count). The number of hydrogen-bond acceptors (Lipinski definition) is 2. The van der Waals surface area contributed by atoms with Crippen molar-refractivity contribution in [3.8, 4) is 0 Å². The number of nitrogens with one attached hydrogen (secondary N) is 1. The minimum absolute atomic E-state index is 0.168. The first-order chi connectivity index (χ1) is 15.8. The number of hydrogen-bond donors (Lipinski definition) is 1. The Morgan fingerprint density at radius 2 is 1.16 bits per heavy atom. The van der Waals surface area contributed by atoms with Gasteiger partial charge in [0.2, 0.25) is 5.91 Å². The molecule has 3 nitrogen and oxygen atoms in total. The summed E-state index contributed by atoms with van der Waals surface area (Å²) in [6, 6.07) is 0. The number of piperidine rings is 1. The molecule has 1 saturated heterocycles. The predicted octanol–water partition coefficient (Wildman–Crippen LogP) is 7.07.